The van der Waals surface area contributed by atoms with Crippen molar-refractivity contribution in [2.45, 2.75) is 32.7 Å². The highest BCUT2D eigenvalue weighted by Gasteiger charge is 2.16. The van der Waals surface area contributed by atoms with Crippen LogP contribution < -0.4 is 20.5 Å². The fourth-order valence-corrected chi connectivity index (χ4v) is 1.64. The van der Waals surface area contributed by atoms with Gasteiger partial charge >= 0.3 is 0 Å². The van der Waals surface area contributed by atoms with Gasteiger partial charge in [-0.1, -0.05) is 0 Å². The summed E-state index contributed by atoms with van der Waals surface area (Å²) < 4.78 is 10.6. The molecule has 106 valence electrons. The summed E-state index contributed by atoms with van der Waals surface area (Å²) >= 11 is 0. The van der Waals surface area contributed by atoms with Crippen LogP contribution in [0.3, 0.4) is 0 Å². The van der Waals surface area contributed by atoms with Crippen LogP contribution in [0, 0.1) is 0 Å². The third-order valence-electron chi connectivity index (χ3n) is 2.36. The van der Waals surface area contributed by atoms with E-state index in [1.807, 2.05) is 20.8 Å². The lowest BCUT2D eigenvalue weighted by Crippen LogP contribution is -2.36. The molecule has 1 amide bonds. The van der Waals surface area contributed by atoms with Crippen LogP contribution in [0.2, 0.25) is 0 Å². The molecular formula is C14H22N2O3. The molecular weight excluding hydrogens is 244 g/mol. The molecule has 0 heterocycles. The lowest BCUT2D eigenvalue weighted by molar-refractivity contribution is -0.117. The standard InChI is InChI=1S/C14H22N2O3/c1-5-19-11-7-6-10(8-12(11)18-4)16-13(17)9-14(2,3)15/h6-8H,5,9,15H2,1-4H3,(H,16,17). The summed E-state index contributed by atoms with van der Waals surface area (Å²) in [5.41, 5.74) is 5.94. The molecule has 0 radical (unpaired) electrons. The zero-order valence-corrected chi connectivity index (χ0v) is 11.9. The number of hydrogen-bond donors (Lipinski definition) is 2. The fourth-order valence-electron chi connectivity index (χ4n) is 1.64. The largest absolute Gasteiger partial charge is 0.493 e. The number of anilines is 1. The van der Waals surface area contributed by atoms with E-state index in [0.717, 1.165) is 0 Å². The first-order valence-corrected chi connectivity index (χ1v) is 6.25. The van der Waals surface area contributed by atoms with E-state index in [1.54, 1.807) is 25.3 Å². The van der Waals surface area contributed by atoms with Gasteiger partial charge in [0, 0.05) is 23.7 Å². The second-order valence-corrected chi connectivity index (χ2v) is 5.01. The van der Waals surface area contributed by atoms with Crippen LogP contribution in [0.25, 0.3) is 0 Å². The Bertz CT molecular complexity index is 439. The molecule has 1 rings (SSSR count). The second-order valence-electron chi connectivity index (χ2n) is 5.01. The van der Waals surface area contributed by atoms with Crippen LogP contribution in [0.4, 0.5) is 5.69 Å². The van der Waals surface area contributed by atoms with E-state index in [0.29, 0.717) is 23.8 Å². The molecule has 5 nitrogen and oxygen atoms in total. The van der Waals surface area contributed by atoms with Gasteiger partial charge in [-0.15, -0.1) is 0 Å². The summed E-state index contributed by atoms with van der Waals surface area (Å²) in [6.45, 7) is 6.08. The van der Waals surface area contributed by atoms with Crippen molar-refractivity contribution in [1.82, 2.24) is 0 Å². The number of carbonyl (C=O) groups excluding carboxylic acids is 1. The van der Waals surface area contributed by atoms with Crippen LogP contribution in [-0.4, -0.2) is 25.2 Å². The summed E-state index contributed by atoms with van der Waals surface area (Å²) in [5.74, 6) is 1.12. The maximum atomic E-state index is 11.8. The molecule has 1 aromatic rings. The summed E-state index contributed by atoms with van der Waals surface area (Å²) in [4.78, 5) is 11.8. The van der Waals surface area contributed by atoms with Crippen LogP contribution in [0.5, 0.6) is 11.5 Å². The first kappa shape index (κ1) is 15.3. The van der Waals surface area contributed by atoms with Gasteiger partial charge in [-0.3, -0.25) is 4.79 Å². The minimum Gasteiger partial charge on any atom is -0.493 e. The molecule has 0 fully saturated rings. The number of rotatable bonds is 6. The molecule has 0 spiro atoms. The predicted octanol–water partition coefficient (Wildman–Crippen LogP) is 2.16. The molecule has 0 saturated carbocycles. The van der Waals surface area contributed by atoms with E-state index in [9.17, 15) is 4.79 Å². The van der Waals surface area contributed by atoms with Crippen molar-refractivity contribution in [2.24, 2.45) is 5.73 Å². The zero-order chi connectivity index (χ0) is 14.5. The Hall–Kier alpha value is -1.75. The third-order valence-corrected chi connectivity index (χ3v) is 2.36. The van der Waals surface area contributed by atoms with E-state index in [1.165, 1.54) is 0 Å². The molecule has 0 bridgehead atoms. The number of carbonyl (C=O) groups is 1. The van der Waals surface area contributed by atoms with Crippen molar-refractivity contribution < 1.29 is 14.3 Å². The van der Waals surface area contributed by atoms with E-state index >= 15 is 0 Å². The average molecular weight is 266 g/mol. The van der Waals surface area contributed by atoms with E-state index in [4.69, 9.17) is 15.2 Å². The Labute approximate surface area is 114 Å². The van der Waals surface area contributed by atoms with Gasteiger partial charge in [0.1, 0.15) is 0 Å². The zero-order valence-electron chi connectivity index (χ0n) is 11.9. The molecule has 0 aromatic heterocycles. The highest BCUT2D eigenvalue weighted by atomic mass is 16.5. The molecule has 0 aliphatic carbocycles. The maximum Gasteiger partial charge on any atom is 0.226 e. The lowest BCUT2D eigenvalue weighted by atomic mass is 10.0. The average Bonchev–Trinajstić information content (AvgIpc) is 2.28. The fraction of sp³-hybridized carbons (Fsp3) is 0.500. The van der Waals surface area contributed by atoms with Crippen molar-refractivity contribution in [3.05, 3.63) is 18.2 Å². The lowest BCUT2D eigenvalue weighted by Gasteiger charge is -2.18. The Morgan fingerprint density at radius 3 is 2.58 bits per heavy atom. The minimum atomic E-state index is -0.528. The predicted molar refractivity (Wildman–Crippen MR) is 75.7 cm³/mol. The van der Waals surface area contributed by atoms with Crippen LogP contribution in [-0.2, 0) is 4.79 Å². The van der Waals surface area contributed by atoms with Gasteiger partial charge in [-0.25, -0.2) is 0 Å². The molecule has 0 atom stereocenters. The molecule has 0 aliphatic heterocycles. The van der Waals surface area contributed by atoms with Gasteiger partial charge < -0.3 is 20.5 Å². The number of hydrogen-bond acceptors (Lipinski definition) is 4. The smallest absolute Gasteiger partial charge is 0.226 e. The van der Waals surface area contributed by atoms with Crippen molar-refractivity contribution in [3.8, 4) is 11.5 Å². The Balaban J connectivity index is 2.77. The summed E-state index contributed by atoms with van der Waals surface area (Å²) in [5, 5.41) is 2.79. The summed E-state index contributed by atoms with van der Waals surface area (Å²) in [6, 6.07) is 5.27. The number of nitrogens with one attached hydrogen (secondary N) is 1. The van der Waals surface area contributed by atoms with E-state index < -0.39 is 5.54 Å². The first-order valence-electron chi connectivity index (χ1n) is 6.25. The van der Waals surface area contributed by atoms with Crippen molar-refractivity contribution in [2.75, 3.05) is 19.0 Å². The monoisotopic (exact) mass is 266 g/mol. The summed E-state index contributed by atoms with van der Waals surface area (Å²) in [7, 11) is 1.56. The number of amides is 1. The molecule has 0 aliphatic rings. The second kappa shape index (κ2) is 6.43. The van der Waals surface area contributed by atoms with Crippen molar-refractivity contribution in [1.29, 1.82) is 0 Å². The Morgan fingerprint density at radius 1 is 1.37 bits per heavy atom. The van der Waals surface area contributed by atoms with Crippen LogP contribution in [0.1, 0.15) is 27.2 Å². The number of ether oxygens (including phenoxy) is 2. The molecule has 0 unspecified atom stereocenters. The van der Waals surface area contributed by atoms with Crippen molar-refractivity contribution >= 4 is 11.6 Å². The molecule has 3 N–H and O–H groups in total. The number of nitrogens with two attached hydrogens (primary N) is 1. The quantitative estimate of drug-likeness (QED) is 0.827. The topological polar surface area (TPSA) is 73.6 Å². The van der Waals surface area contributed by atoms with Gasteiger partial charge in [0.15, 0.2) is 11.5 Å². The molecule has 19 heavy (non-hydrogen) atoms. The van der Waals surface area contributed by atoms with Gasteiger partial charge in [0.2, 0.25) is 5.91 Å². The third kappa shape index (κ3) is 5.18. The first-order chi connectivity index (χ1) is 8.85. The molecule has 5 heteroatoms. The highest BCUT2D eigenvalue weighted by molar-refractivity contribution is 5.91. The molecule has 0 saturated heterocycles. The SMILES string of the molecule is CCOc1ccc(NC(=O)CC(C)(C)N)cc1OC. The summed E-state index contributed by atoms with van der Waals surface area (Å²) in [6.07, 6.45) is 0.253. The van der Waals surface area contributed by atoms with E-state index in [2.05, 4.69) is 5.32 Å². The number of benzene rings is 1. The maximum absolute atomic E-state index is 11.8. The van der Waals surface area contributed by atoms with Crippen LogP contribution in [0.15, 0.2) is 18.2 Å². The number of methoxy groups -OCH3 is 1. The van der Waals surface area contributed by atoms with Crippen LogP contribution >= 0.6 is 0 Å². The minimum absolute atomic E-state index is 0.126. The van der Waals surface area contributed by atoms with Crippen molar-refractivity contribution in [3.63, 3.8) is 0 Å². The van der Waals surface area contributed by atoms with Gasteiger partial charge in [0.25, 0.3) is 0 Å². The molecule has 1 aromatic carbocycles. The van der Waals surface area contributed by atoms with Gasteiger partial charge in [-0.2, -0.15) is 0 Å². The van der Waals surface area contributed by atoms with E-state index in [-0.39, 0.29) is 12.3 Å². The Kier molecular flexibility index (Phi) is 5.18. The highest BCUT2D eigenvalue weighted by Crippen LogP contribution is 2.30. The van der Waals surface area contributed by atoms with Gasteiger partial charge in [0.05, 0.1) is 13.7 Å². The normalized spacial score (nSPS) is 11.0. The van der Waals surface area contributed by atoms with Gasteiger partial charge in [-0.05, 0) is 32.9 Å². The Morgan fingerprint density at radius 2 is 2.05 bits per heavy atom.